The molecule has 0 saturated heterocycles. The van der Waals surface area contributed by atoms with Crippen molar-refractivity contribution >= 4 is 27.5 Å². The molecule has 3 aromatic carbocycles. The third kappa shape index (κ3) is 7.72. The van der Waals surface area contributed by atoms with Crippen LogP contribution >= 0.6 is 0 Å². The van der Waals surface area contributed by atoms with E-state index in [0.29, 0.717) is 12.2 Å². The minimum atomic E-state index is -4.08. The number of amides is 2. The number of rotatable bonds is 13. The molecule has 3 rings (SSSR count). The maximum absolute atomic E-state index is 14.0. The Morgan fingerprint density at radius 2 is 1.50 bits per heavy atom. The molecule has 0 bridgehead atoms. The number of sulfonamides is 1. The summed E-state index contributed by atoms with van der Waals surface area (Å²) in [5, 5.41) is 2.91. The standard InChI is InChI=1S/C32H41N3O4S/c1-6-7-21-33-32(37)26(5)34(22-28-14-12-11-13-25(28)4)31(36)23-35(29-19-17-27(18-20-29)24(2)3)40(38,39)30-15-9-8-10-16-30/h8-20,24,26H,6-7,21-23H2,1-5H3,(H,33,37)/t26-/m0/s1. The van der Waals surface area contributed by atoms with Gasteiger partial charge in [-0.2, -0.15) is 0 Å². The first-order valence-electron chi connectivity index (χ1n) is 13.9. The summed E-state index contributed by atoms with van der Waals surface area (Å²) in [6.45, 7) is 10.1. The van der Waals surface area contributed by atoms with Crippen molar-refractivity contribution in [3.63, 3.8) is 0 Å². The Morgan fingerprint density at radius 1 is 0.875 bits per heavy atom. The van der Waals surface area contributed by atoms with Gasteiger partial charge in [0.2, 0.25) is 11.8 Å². The average molecular weight is 564 g/mol. The van der Waals surface area contributed by atoms with Gasteiger partial charge in [-0.1, -0.05) is 81.8 Å². The quantitative estimate of drug-likeness (QED) is 0.273. The molecule has 0 unspecified atom stereocenters. The van der Waals surface area contributed by atoms with Crippen molar-refractivity contribution in [3.8, 4) is 0 Å². The molecule has 0 aromatic heterocycles. The van der Waals surface area contributed by atoms with E-state index in [1.54, 1.807) is 37.3 Å². The smallest absolute Gasteiger partial charge is 0.264 e. The highest BCUT2D eigenvalue weighted by atomic mass is 32.2. The lowest BCUT2D eigenvalue weighted by Crippen LogP contribution is -2.51. The van der Waals surface area contributed by atoms with Crippen LogP contribution in [0.25, 0.3) is 0 Å². The molecule has 1 atom stereocenters. The van der Waals surface area contributed by atoms with Gasteiger partial charge in [0.05, 0.1) is 10.6 Å². The Kier molecular flexibility index (Phi) is 10.9. The molecule has 0 heterocycles. The number of carbonyl (C=O) groups is 2. The minimum Gasteiger partial charge on any atom is -0.354 e. The SMILES string of the molecule is CCCCNC(=O)[C@H](C)N(Cc1ccccc1C)C(=O)CN(c1ccc(C(C)C)cc1)S(=O)(=O)c1ccccc1. The summed E-state index contributed by atoms with van der Waals surface area (Å²) in [6, 6.07) is 22.2. The summed E-state index contributed by atoms with van der Waals surface area (Å²) in [5.74, 6) is -0.463. The van der Waals surface area contributed by atoms with Crippen molar-refractivity contribution in [2.24, 2.45) is 0 Å². The molecule has 3 aromatic rings. The van der Waals surface area contributed by atoms with Gasteiger partial charge in [-0.3, -0.25) is 13.9 Å². The Labute approximate surface area is 239 Å². The molecule has 40 heavy (non-hydrogen) atoms. The van der Waals surface area contributed by atoms with Gasteiger partial charge in [0.15, 0.2) is 0 Å². The number of unbranched alkanes of at least 4 members (excludes halogenated alkanes) is 1. The molecule has 0 radical (unpaired) electrons. The van der Waals surface area contributed by atoms with Crippen LogP contribution in [-0.4, -0.2) is 44.3 Å². The largest absolute Gasteiger partial charge is 0.354 e. The van der Waals surface area contributed by atoms with Crippen molar-refractivity contribution in [2.75, 3.05) is 17.4 Å². The zero-order valence-corrected chi connectivity index (χ0v) is 24.9. The lowest BCUT2D eigenvalue weighted by molar-refractivity contribution is -0.139. The third-order valence-corrected chi connectivity index (χ3v) is 8.84. The van der Waals surface area contributed by atoms with Crippen molar-refractivity contribution in [3.05, 3.63) is 95.6 Å². The van der Waals surface area contributed by atoms with E-state index >= 15 is 0 Å². The first-order chi connectivity index (χ1) is 19.1. The van der Waals surface area contributed by atoms with Gasteiger partial charge in [-0.05, 0) is 67.1 Å². The monoisotopic (exact) mass is 563 g/mol. The molecule has 7 nitrogen and oxygen atoms in total. The summed E-state index contributed by atoms with van der Waals surface area (Å²) in [7, 11) is -4.08. The molecule has 0 spiro atoms. The number of aryl methyl sites for hydroxylation is 1. The molecular formula is C32H41N3O4S. The highest BCUT2D eigenvalue weighted by Crippen LogP contribution is 2.26. The van der Waals surface area contributed by atoms with Crippen molar-refractivity contribution < 1.29 is 18.0 Å². The first kappa shape index (κ1) is 30.9. The fourth-order valence-electron chi connectivity index (χ4n) is 4.36. The molecule has 0 aliphatic carbocycles. The fourth-order valence-corrected chi connectivity index (χ4v) is 5.80. The predicted molar refractivity (Wildman–Crippen MR) is 161 cm³/mol. The second-order valence-electron chi connectivity index (χ2n) is 10.3. The van der Waals surface area contributed by atoms with Crippen LogP contribution in [0.15, 0.2) is 83.8 Å². The van der Waals surface area contributed by atoms with Crippen LogP contribution in [0.1, 0.15) is 63.1 Å². The summed E-state index contributed by atoms with van der Waals surface area (Å²) >= 11 is 0. The van der Waals surface area contributed by atoms with Gasteiger partial charge in [-0.15, -0.1) is 0 Å². The maximum atomic E-state index is 14.0. The van der Waals surface area contributed by atoms with E-state index < -0.39 is 28.5 Å². The molecule has 0 saturated carbocycles. The van der Waals surface area contributed by atoms with E-state index in [1.807, 2.05) is 50.2 Å². The topological polar surface area (TPSA) is 86.8 Å². The van der Waals surface area contributed by atoms with Gasteiger partial charge in [-0.25, -0.2) is 8.42 Å². The predicted octanol–water partition coefficient (Wildman–Crippen LogP) is 5.65. The van der Waals surface area contributed by atoms with Crippen LogP contribution in [-0.2, 0) is 26.2 Å². The van der Waals surface area contributed by atoms with Gasteiger partial charge >= 0.3 is 0 Å². The first-order valence-corrected chi connectivity index (χ1v) is 15.3. The summed E-state index contributed by atoms with van der Waals surface area (Å²) in [5.41, 5.74) is 3.32. The van der Waals surface area contributed by atoms with E-state index in [2.05, 4.69) is 19.2 Å². The number of benzene rings is 3. The molecular weight excluding hydrogens is 522 g/mol. The molecule has 8 heteroatoms. The molecule has 0 fully saturated rings. The summed E-state index contributed by atoms with van der Waals surface area (Å²) in [4.78, 5) is 28.7. The highest BCUT2D eigenvalue weighted by molar-refractivity contribution is 7.92. The van der Waals surface area contributed by atoms with E-state index in [0.717, 1.165) is 33.8 Å². The normalized spacial score (nSPS) is 12.2. The zero-order valence-electron chi connectivity index (χ0n) is 24.1. The van der Waals surface area contributed by atoms with Gasteiger partial charge < -0.3 is 10.2 Å². The fraction of sp³-hybridized carbons (Fsp3) is 0.375. The third-order valence-electron chi connectivity index (χ3n) is 7.06. The van der Waals surface area contributed by atoms with Gasteiger partial charge in [0.25, 0.3) is 10.0 Å². The summed E-state index contributed by atoms with van der Waals surface area (Å²) in [6.07, 6.45) is 1.77. The van der Waals surface area contributed by atoms with Crippen LogP contribution in [0.5, 0.6) is 0 Å². The number of hydrogen-bond donors (Lipinski definition) is 1. The Balaban J connectivity index is 2.01. The van der Waals surface area contributed by atoms with Crippen LogP contribution < -0.4 is 9.62 Å². The molecule has 2 amide bonds. The second-order valence-corrected chi connectivity index (χ2v) is 12.2. The van der Waals surface area contributed by atoms with Gasteiger partial charge in [0, 0.05) is 13.1 Å². The van der Waals surface area contributed by atoms with E-state index in [-0.39, 0.29) is 23.3 Å². The lowest BCUT2D eigenvalue weighted by Gasteiger charge is -2.32. The number of hydrogen-bond acceptors (Lipinski definition) is 4. The van der Waals surface area contributed by atoms with Gasteiger partial charge in [0.1, 0.15) is 12.6 Å². The van der Waals surface area contributed by atoms with Crippen LogP contribution in [0.4, 0.5) is 5.69 Å². The van der Waals surface area contributed by atoms with Crippen LogP contribution in [0.3, 0.4) is 0 Å². The number of nitrogens with one attached hydrogen (secondary N) is 1. The molecule has 0 aliphatic heterocycles. The second kappa shape index (κ2) is 14.1. The molecule has 214 valence electrons. The molecule has 0 aliphatic rings. The number of nitrogens with zero attached hydrogens (tertiary/aromatic N) is 2. The number of carbonyl (C=O) groups excluding carboxylic acids is 2. The van der Waals surface area contributed by atoms with Crippen LogP contribution in [0.2, 0.25) is 0 Å². The highest BCUT2D eigenvalue weighted by Gasteiger charge is 2.32. The number of anilines is 1. The van der Waals surface area contributed by atoms with E-state index in [1.165, 1.54) is 17.0 Å². The maximum Gasteiger partial charge on any atom is 0.264 e. The Bertz CT molecular complexity index is 1370. The van der Waals surface area contributed by atoms with Crippen molar-refractivity contribution in [2.45, 2.75) is 70.9 Å². The molecule has 1 N–H and O–H groups in total. The Hall–Kier alpha value is -3.65. The lowest BCUT2D eigenvalue weighted by atomic mass is 10.0. The van der Waals surface area contributed by atoms with Crippen molar-refractivity contribution in [1.29, 1.82) is 0 Å². The van der Waals surface area contributed by atoms with E-state index in [4.69, 9.17) is 0 Å². The van der Waals surface area contributed by atoms with Crippen LogP contribution in [0, 0.1) is 6.92 Å². The zero-order chi connectivity index (χ0) is 29.3. The summed E-state index contributed by atoms with van der Waals surface area (Å²) < 4.78 is 28.9. The van der Waals surface area contributed by atoms with Crippen molar-refractivity contribution in [1.82, 2.24) is 10.2 Å². The Morgan fingerprint density at radius 3 is 2.10 bits per heavy atom. The van der Waals surface area contributed by atoms with E-state index in [9.17, 15) is 18.0 Å². The average Bonchev–Trinajstić information content (AvgIpc) is 2.95. The minimum absolute atomic E-state index is 0.0894.